The SMILES string of the molecule is CC(c1nc2ccccc2s1)N(C)C(=O)C1COc2ccccc2C1. The Morgan fingerprint density at radius 1 is 1.24 bits per heavy atom. The van der Waals surface area contributed by atoms with Gasteiger partial charge in [-0.05, 0) is 37.1 Å². The summed E-state index contributed by atoms with van der Waals surface area (Å²) in [5, 5.41) is 0.967. The van der Waals surface area contributed by atoms with Crippen molar-refractivity contribution in [1.82, 2.24) is 9.88 Å². The summed E-state index contributed by atoms with van der Waals surface area (Å²) in [6.45, 7) is 2.47. The molecule has 2 aromatic carbocycles. The second kappa shape index (κ2) is 6.48. The Bertz CT molecular complexity index is 888. The van der Waals surface area contributed by atoms with Gasteiger partial charge in [0.1, 0.15) is 17.4 Å². The topological polar surface area (TPSA) is 42.4 Å². The maximum absolute atomic E-state index is 13.0. The quantitative estimate of drug-likeness (QED) is 0.714. The van der Waals surface area contributed by atoms with E-state index in [1.165, 1.54) is 0 Å². The number of thiazole rings is 1. The molecule has 128 valence electrons. The standard InChI is InChI=1S/C20H20N2O2S/c1-13(19-21-16-8-4-6-10-18(16)25-19)22(2)20(23)15-11-14-7-3-5-9-17(14)24-12-15/h3-10,13,15H,11-12H2,1-2H3. The highest BCUT2D eigenvalue weighted by Gasteiger charge is 2.31. The number of hydrogen-bond donors (Lipinski definition) is 0. The Kier molecular flexibility index (Phi) is 4.17. The Morgan fingerprint density at radius 3 is 2.84 bits per heavy atom. The molecule has 5 heteroatoms. The highest BCUT2D eigenvalue weighted by atomic mass is 32.1. The zero-order valence-electron chi connectivity index (χ0n) is 14.3. The van der Waals surface area contributed by atoms with Gasteiger partial charge in [0.05, 0.1) is 22.2 Å². The van der Waals surface area contributed by atoms with Crippen molar-refractivity contribution in [3.63, 3.8) is 0 Å². The molecule has 0 fully saturated rings. The lowest BCUT2D eigenvalue weighted by molar-refractivity contribution is -0.137. The maximum atomic E-state index is 13.0. The monoisotopic (exact) mass is 352 g/mol. The molecule has 1 aliphatic heterocycles. The van der Waals surface area contributed by atoms with E-state index in [1.54, 1.807) is 16.2 Å². The summed E-state index contributed by atoms with van der Waals surface area (Å²) >= 11 is 1.65. The average Bonchev–Trinajstić information content (AvgIpc) is 3.10. The molecule has 2 heterocycles. The Labute approximate surface area is 151 Å². The Balaban J connectivity index is 1.52. The van der Waals surface area contributed by atoms with Crippen LogP contribution < -0.4 is 4.74 Å². The van der Waals surface area contributed by atoms with Crippen LogP contribution in [0.1, 0.15) is 23.5 Å². The van der Waals surface area contributed by atoms with Gasteiger partial charge in [0.15, 0.2) is 0 Å². The van der Waals surface area contributed by atoms with Crippen molar-refractivity contribution in [2.75, 3.05) is 13.7 Å². The number of hydrogen-bond acceptors (Lipinski definition) is 4. The summed E-state index contributed by atoms with van der Waals surface area (Å²) in [4.78, 5) is 19.5. The minimum atomic E-state index is -0.142. The first-order valence-corrected chi connectivity index (χ1v) is 9.28. The Hall–Kier alpha value is -2.40. The number of carbonyl (C=O) groups is 1. The molecule has 0 spiro atoms. The molecule has 2 unspecified atom stereocenters. The molecule has 0 saturated heterocycles. The third-order valence-corrected chi connectivity index (χ3v) is 6.03. The predicted octanol–water partition coefficient (Wildman–Crippen LogP) is 4.07. The minimum Gasteiger partial charge on any atom is -0.492 e. The molecule has 25 heavy (non-hydrogen) atoms. The Morgan fingerprint density at radius 2 is 2.00 bits per heavy atom. The zero-order valence-corrected chi connectivity index (χ0v) is 15.1. The van der Waals surface area contributed by atoms with Gasteiger partial charge >= 0.3 is 0 Å². The van der Waals surface area contributed by atoms with E-state index in [9.17, 15) is 4.79 Å². The molecule has 4 rings (SSSR count). The third-order valence-electron chi connectivity index (χ3n) is 4.82. The molecule has 4 nitrogen and oxygen atoms in total. The van der Waals surface area contributed by atoms with E-state index in [4.69, 9.17) is 9.72 Å². The number of carbonyl (C=O) groups excluding carboxylic acids is 1. The van der Waals surface area contributed by atoms with Gasteiger partial charge < -0.3 is 9.64 Å². The number of para-hydroxylation sites is 2. The lowest BCUT2D eigenvalue weighted by Crippen LogP contribution is -2.39. The molecule has 1 amide bonds. The second-order valence-electron chi connectivity index (χ2n) is 6.46. The molecular formula is C20H20N2O2S. The first-order chi connectivity index (χ1) is 12.1. The number of aromatic nitrogens is 1. The zero-order chi connectivity index (χ0) is 17.4. The molecule has 0 N–H and O–H groups in total. The summed E-state index contributed by atoms with van der Waals surface area (Å²) < 4.78 is 6.93. The lowest BCUT2D eigenvalue weighted by Gasteiger charge is -2.30. The van der Waals surface area contributed by atoms with Gasteiger partial charge in [0.2, 0.25) is 5.91 Å². The van der Waals surface area contributed by atoms with Crippen LogP contribution in [-0.4, -0.2) is 29.4 Å². The fourth-order valence-electron chi connectivity index (χ4n) is 3.20. The van der Waals surface area contributed by atoms with Gasteiger partial charge in [-0.2, -0.15) is 0 Å². The molecular weight excluding hydrogens is 332 g/mol. The van der Waals surface area contributed by atoms with Gasteiger partial charge in [0, 0.05) is 7.05 Å². The van der Waals surface area contributed by atoms with Crippen LogP contribution in [0.25, 0.3) is 10.2 Å². The third kappa shape index (κ3) is 3.00. The number of rotatable bonds is 3. The van der Waals surface area contributed by atoms with Crippen molar-refractivity contribution in [2.45, 2.75) is 19.4 Å². The van der Waals surface area contributed by atoms with Crippen LogP contribution in [-0.2, 0) is 11.2 Å². The van der Waals surface area contributed by atoms with E-state index in [0.717, 1.165) is 33.0 Å². The van der Waals surface area contributed by atoms with Gasteiger partial charge in [-0.15, -0.1) is 11.3 Å². The molecule has 1 aliphatic rings. The highest BCUT2D eigenvalue weighted by molar-refractivity contribution is 7.18. The summed E-state index contributed by atoms with van der Waals surface area (Å²) in [7, 11) is 1.86. The molecule has 0 saturated carbocycles. The summed E-state index contributed by atoms with van der Waals surface area (Å²) in [5.74, 6) is 0.867. The fourth-order valence-corrected chi connectivity index (χ4v) is 4.26. The maximum Gasteiger partial charge on any atom is 0.229 e. The van der Waals surface area contributed by atoms with E-state index in [1.807, 2.05) is 56.4 Å². The van der Waals surface area contributed by atoms with E-state index in [0.29, 0.717) is 6.61 Å². The normalized spacial score (nSPS) is 17.6. The van der Waals surface area contributed by atoms with Crippen molar-refractivity contribution >= 4 is 27.5 Å². The molecule has 2 atom stereocenters. The lowest BCUT2D eigenvalue weighted by atomic mass is 9.95. The second-order valence-corrected chi connectivity index (χ2v) is 7.53. The number of nitrogens with zero attached hydrogens (tertiary/aromatic N) is 2. The molecule has 3 aromatic rings. The van der Waals surface area contributed by atoms with Gasteiger partial charge in [0.25, 0.3) is 0 Å². The smallest absolute Gasteiger partial charge is 0.229 e. The van der Waals surface area contributed by atoms with Gasteiger partial charge in [-0.25, -0.2) is 4.98 Å². The first kappa shape index (κ1) is 16.1. The predicted molar refractivity (Wildman–Crippen MR) is 99.9 cm³/mol. The highest BCUT2D eigenvalue weighted by Crippen LogP contribution is 2.32. The van der Waals surface area contributed by atoms with E-state index in [-0.39, 0.29) is 17.9 Å². The molecule has 0 bridgehead atoms. The number of fused-ring (bicyclic) bond motifs is 2. The van der Waals surface area contributed by atoms with Crippen molar-refractivity contribution in [1.29, 1.82) is 0 Å². The van der Waals surface area contributed by atoms with Crippen LogP contribution >= 0.6 is 11.3 Å². The summed E-state index contributed by atoms with van der Waals surface area (Å²) in [5.41, 5.74) is 2.10. The van der Waals surface area contributed by atoms with Gasteiger partial charge in [-0.3, -0.25) is 4.79 Å². The van der Waals surface area contributed by atoms with Crippen molar-refractivity contribution in [3.05, 3.63) is 59.1 Å². The first-order valence-electron chi connectivity index (χ1n) is 8.46. The van der Waals surface area contributed by atoms with Crippen LogP contribution in [0.2, 0.25) is 0 Å². The van der Waals surface area contributed by atoms with Crippen molar-refractivity contribution in [2.24, 2.45) is 5.92 Å². The number of amides is 1. The minimum absolute atomic E-state index is 0.0536. The van der Waals surface area contributed by atoms with Crippen LogP contribution in [0.3, 0.4) is 0 Å². The average molecular weight is 352 g/mol. The molecule has 0 radical (unpaired) electrons. The van der Waals surface area contributed by atoms with Crippen LogP contribution in [0.5, 0.6) is 5.75 Å². The van der Waals surface area contributed by atoms with Crippen molar-refractivity contribution in [3.8, 4) is 5.75 Å². The fraction of sp³-hybridized carbons (Fsp3) is 0.300. The van der Waals surface area contributed by atoms with Crippen LogP contribution in [0.15, 0.2) is 48.5 Å². The molecule has 1 aromatic heterocycles. The number of benzene rings is 2. The van der Waals surface area contributed by atoms with Crippen LogP contribution in [0, 0.1) is 5.92 Å². The number of ether oxygens (including phenoxy) is 1. The summed E-state index contributed by atoms with van der Waals surface area (Å²) in [6, 6.07) is 16.0. The van der Waals surface area contributed by atoms with E-state index >= 15 is 0 Å². The van der Waals surface area contributed by atoms with E-state index in [2.05, 4.69) is 6.07 Å². The molecule has 0 aliphatic carbocycles. The van der Waals surface area contributed by atoms with Crippen LogP contribution in [0.4, 0.5) is 0 Å². The van der Waals surface area contributed by atoms with E-state index < -0.39 is 0 Å². The summed E-state index contributed by atoms with van der Waals surface area (Å²) in [6.07, 6.45) is 0.728. The van der Waals surface area contributed by atoms with Crippen molar-refractivity contribution < 1.29 is 9.53 Å². The van der Waals surface area contributed by atoms with Gasteiger partial charge in [-0.1, -0.05) is 30.3 Å². The largest absolute Gasteiger partial charge is 0.492 e.